The van der Waals surface area contributed by atoms with Crippen molar-refractivity contribution in [2.75, 3.05) is 20.8 Å². The molecule has 0 bridgehead atoms. The molecule has 0 aliphatic rings. The first-order chi connectivity index (χ1) is 13.5. The van der Waals surface area contributed by atoms with Gasteiger partial charge in [-0.25, -0.2) is 4.98 Å². The van der Waals surface area contributed by atoms with Crippen LogP contribution in [-0.4, -0.2) is 41.5 Å². The van der Waals surface area contributed by atoms with Gasteiger partial charge in [-0.2, -0.15) is 4.98 Å². The fourth-order valence-electron chi connectivity index (χ4n) is 3.15. The number of aryl methyl sites for hydroxylation is 2. The van der Waals surface area contributed by atoms with Crippen molar-refractivity contribution in [3.8, 4) is 5.88 Å². The highest BCUT2D eigenvalue weighted by Gasteiger charge is 2.24. The van der Waals surface area contributed by atoms with Crippen LogP contribution < -0.4 is 4.74 Å². The Bertz CT molecular complexity index is 1000. The number of nitrogens with zero attached hydrogens (tertiary/aromatic N) is 3. The normalized spacial score (nSPS) is 11.0. The Morgan fingerprint density at radius 2 is 1.93 bits per heavy atom. The minimum Gasteiger partial charge on any atom is -0.480 e. The van der Waals surface area contributed by atoms with Gasteiger partial charge in [0.15, 0.2) is 5.82 Å². The van der Waals surface area contributed by atoms with Crippen molar-refractivity contribution in [3.05, 3.63) is 51.7 Å². The van der Waals surface area contributed by atoms with Gasteiger partial charge in [-0.3, -0.25) is 4.79 Å². The molecule has 3 rings (SSSR count). The van der Waals surface area contributed by atoms with Crippen molar-refractivity contribution >= 4 is 27.5 Å². The van der Waals surface area contributed by atoms with E-state index in [0.717, 1.165) is 21.3 Å². The fourth-order valence-corrected chi connectivity index (χ4v) is 4.31. The second-order valence-corrected chi connectivity index (χ2v) is 7.56. The van der Waals surface area contributed by atoms with Crippen molar-refractivity contribution in [2.45, 2.75) is 33.9 Å². The van der Waals surface area contributed by atoms with E-state index in [2.05, 4.69) is 29.0 Å². The summed E-state index contributed by atoms with van der Waals surface area (Å²) >= 11 is 1.38. The smallest absolute Gasteiger partial charge is 0.264 e. The summed E-state index contributed by atoms with van der Waals surface area (Å²) in [5.74, 6) is 1.02. The van der Waals surface area contributed by atoms with E-state index in [9.17, 15) is 4.79 Å². The molecule has 2 heterocycles. The molecule has 1 aromatic carbocycles. The molecular formula is C21H25N3O3S. The molecule has 0 N–H and O–H groups in total. The zero-order valence-electron chi connectivity index (χ0n) is 16.9. The number of hydrogen-bond donors (Lipinski definition) is 0. The van der Waals surface area contributed by atoms with Crippen LogP contribution in [0.15, 0.2) is 24.3 Å². The highest BCUT2D eigenvalue weighted by atomic mass is 32.1. The average Bonchev–Trinajstić information content (AvgIpc) is 3.03. The Balaban J connectivity index is 2.00. The number of carbonyl (C=O) groups excluding carboxylic acids is 1. The molecule has 0 aliphatic carbocycles. The number of amides is 1. The van der Waals surface area contributed by atoms with Gasteiger partial charge in [-0.15, -0.1) is 11.3 Å². The van der Waals surface area contributed by atoms with Crippen LogP contribution >= 0.6 is 11.3 Å². The van der Waals surface area contributed by atoms with Crippen molar-refractivity contribution < 1.29 is 14.3 Å². The van der Waals surface area contributed by atoms with Gasteiger partial charge < -0.3 is 14.4 Å². The summed E-state index contributed by atoms with van der Waals surface area (Å²) in [4.78, 5) is 25.6. The monoisotopic (exact) mass is 399 g/mol. The third-order valence-electron chi connectivity index (χ3n) is 4.76. The second kappa shape index (κ2) is 8.67. The lowest BCUT2D eigenvalue weighted by molar-refractivity contribution is 0.0756. The van der Waals surface area contributed by atoms with Gasteiger partial charge in [0.05, 0.1) is 17.4 Å². The summed E-state index contributed by atoms with van der Waals surface area (Å²) in [6.45, 7) is 7.48. The van der Waals surface area contributed by atoms with Crippen molar-refractivity contribution in [3.63, 3.8) is 0 Å². The number of benzene rings is 1. The Morgan fingerprint density at radius 1 is 1.18 bits per heavy atom. The van der Waals surface area contributed by atoms with E-state index in [-0.39, 0.29) is 5.91 Å². The van der Waals surface area contributed by atoms with Crippen LogP contribution in [0.4, 0.5) is 0 Å². The number of methoxy groups -OCH3 is 2. The molecule has 0 unspecified atom stereocenters. The highest BCUT2D eigenvalue weighted by Crippen LogP contribution is 2.36. The molecule has 0 saturated carbocycles. The lowest BCUT2D eigenvalue weighted by atomic mass is 10.1. The van der Waals surface area contributed by atoms with Crippen molar-refractivity contribution in [1.29, 1.82) is 0 Å². The summed E-state index contributed by atoms with van der Waals surface area (Å²) < 4.78 is 10.6. The van der Waals surface area contributed by atoms with Gasteiger partial charge in [0.2, 0.25) is 5.88 Å². The molecule has 0 aliphatic heterocycles. The van der Waals surface area contributed by atoms with Crippen molar-refractivity contribution in [2.24, 2.45) is 0 Å². The fraction of sp³-hybridized carbons (Fsp3) is 0.381. The Hall–Kier alpha value is -2.51. The molecule has 2 aromatic heterocycles. The third-order valence-corrected chi connectivity index (χ3v) is 5.93. The summed E-state index contributed by atoms with van der Waals surface area (Å²) in [6.07, 6.45) is 0. The molecule has 0 saturated heterocycles. The maximum absolute atomic E-state index is 13.3. The van der Waals surface area contributed by atoms with Gasteiger partial charge >= 0.3 is 0 Å². The van der Waals surface area contributed by atoms with Crippen LogP contribution in [0.25, 0.3) is 10.2 Å². The number of thiophene rings is 1. The Labute approximate surface area is 169 Å². The molecular weight excluding hydrogens is 374 g/mol. The van der Waals surface area contributed by atoms with Crippen LogP contribution in [-0.2, 0) is 17.9 Å². The van der Waals surface area contributed by atoms with Gasteiger partial charge in [0, 0.05) is 20.2 Å². The number of hydrogen-bond acceptors (Lipinski definition) is 6. The Kier molecular flexibility index (Phi) is 6.26. The summed E-state index contributed by atoms with van der Waals surface area (Å²) in [5, 5.41) is 0.794. The quantitative estimate of drug-likeness (QED) is 0.598. The number of ether oxygens (including phenoxy) is 2. The van der Waals surface area contributed by atoms with Crippen molar-refractivity contribution in [1.82, 2.24) is 14.9 Å². The molecule has 148 valence electrons. The SMILES string of the molecule is CCN(Cc1ccccc1C)C(=O)c1sc2nc(COC)nc(OC)c2c1C. The van der Waals surface area contributed by atoms with Crippen LogP contribution in [0.1, 0.15) is 39.1 Å². The van der Waals surface area contributed by atoms with E-state index >= 15 is 0 Å². The van der Waals surface area contributed by atoms with Crippen LogP contribution in [0.5, 0.6) is 5.88 Å². The molecule has 3 aromatic rings. The molecule has 7 heteroatoms. The van der Waals surface area contributed by atoms with E-state index in [4.69, 9.17) is 9.47 Å². The maximum Gasteiger partial charge on any atom is 0.264 e. The van der Waals surface area contributed by atoms with E-state index < -0.39 is 0 Å². The molecule has 28 heavy (non-hydrogen) atoms. The average molecular weight is 400 g/mol. The third kappa shape index (κ3) is 3.86. The van der Waals surface area contributed by atoms with Crippen LogP contribution in [0.2, 0.25) is 0 Å². The van der Waals surface area contributed by atoms with Gasteiger partial charge in [0.1, 0.15) is 11.4 Å². The summed E-state index contributed by atoms with van der Waals surface area (Å²) in [5.41, 5.74) is 3.18. The molecule has 0 fully saturated rings. The number of carbonyl (C=O) groups is 1. The molecule has 1 amide bonds. The van der Waals surface area contributed by atoms with Crippen LogP contribution in [0, 0.1) is 13.8 Å². The van der Waals surface area contributed by atoms with Crippen LogP contribution in [0.3, 0.4) is 0 Å². The second-order valence-electron chi connectivity index (χ2n) is 6.56. The van der Waals surface area contributed by atoms with E-state index in [1.807, 2.05) is 30.9 Å². The zero-order valence-corrected chi connectivity index (χ0v) is 17.7. The molecule has 6 nitrogen and oxygen atoms in total. The summed E-state index contributed by atoms with van der Waals surface area (Å²) in [6, 6.07) is 8.14. The zero-order chi connectivity index (χ0) is 20.3. The molecule has 0 atom stereocenters. The number of rotatable bonds is 7. The number of fused-ring (bicyclic) bond motifs is 1. The standard InChI is InChI=1S/C21H25N3O3S/c1-6-24(11-15-10-8-7-9-13(15)2)21(25)18-14(3)17-19(27-5)22-16(12-26-4)23-20(17)28-18/h7-10H,6,11-12H2,1-5H3. The first-order valence-electron chi connectivity index (χ1n) is 9.16. The lowest BCUT2D eigenvalue weighted by Crippen LogP contribution is -2.30. The minimum atomic E-state index is 0.00148. The predicted octanol–water partition coefficient (Wildman–Crippen LogP) is 4.13. The topological polar surface area (TPSA) is 64.6 Å². The minimum absolute atomic E-state index is 0.00148. The van der Waals surface area contributed by atoms with E-state index in [1.54, 1.807) is 14.2 Å². The molecule has 0 radical (unpaired) electrons. The first-order valence-corrected chi connectivity index (χ1v) is 9.98. The van der Waals surface area contributed by atoms with Gasteiger partial charge in [-0.05, 0) is 37.5 Å². The maximum atomic E-state index is 13.3. The molecule has 0 spiro atoms. The predicted molar refractivity (Wildman–Crippen MR) is 111 cm³/mol. The summed E-state index contributed by atoms with van der Waals surface area (Å²) in [7, 11) is 3.17. The highest BCUT2D eigenvalue weighted by molar-refractivity contribution is 7.20. The van der Waals surface area contributed by atoms with E-state index in [1.165, 1.54) is 16.9 Å². The largest absolute Gasteiger partial charge is 0.480 e. The van der Waals surface area contributed by atoms with E-state index in [0.29, 0.717) is 36.3 Å². The Morgan fingerprint density at radius 3 is 2.57 bits per heavy atom. The van der Waals surface area contributed by atoms with Gasteiger partial charge in [-0.1, -0.05) is 24.3 Å². The first kappa shape index (κ1) is 20.2. The number of aromatic nitrogens is 2. The van der Waals surface area contributed by atoms with Gasteiger partial charge in [0.25, 0.3) is 5.91 Å². The lowest BCUT2D eigenvalue weighted by Gasteiger charge is -2.21.